The normalized spacial score (nSPS) is 11.9. The van der Waals surface area contributed by atoms with Crippen LogP contribution in [0.3, 0.4) is 0 Å². The van der Waals surface area contributed by atoms with Crippen molar-refractivity contribution in [2.24, 2.45) is 0 Å². The molecule has 0 aliphatic heterocycles. The Hall–Kier alpha value is -1.24. The van der Waals surface area contributed by atoms with Gasteiger partial charge in [-0.05, 0) is 12.1 Å². The Morgan fingerprint density at radius 2 is 1.81 bits per heavy atom. The van der Waals surface area contributed by atoms with Gasteiger partial charge in [-0.25, -0.2) is 8.78 Å². The largest absolute Gasteiger partial charge is 0.573 e. The molecule has 2 nitrogen and oxygen atoms in total. The first-order valence-corrected chi connectivity index (χ1v) is 4.22. The molecule has 0 heterocycles. The summed E-state index contributed by atoms with van der Waals surface area (Å²) in [6.07, 6.45) is -7.87. The van der Waals surface area contributed by atoms with E-state index in [1.165, 1.54) is 0 Å². The number of alkyl halides is 5. The number of nitrogen functional groups attached to an aromatic ring is 1. The molecular formula is C8H5ClF5NO. The molecule has 0 aliphatic carbocycles. The lowest BCUT2D eigenvalue weighted by molar-refractivity contribution is -0.274. The number of anilines is 1. The Morgan fingerprint density at radius 1 is 1.25 bits per heavy atom. The van der Waals surface area contributed by atoms with Crippen LogP contribution in [0.15, 0.2) is 12.1 Å². The van der Waals surface area contributed by atoms with Gasteiger partial charge in [-0.1, -0.05) is 11.6 Å². The molecule has 0 unspecified atom stereocenters. The number of benzene rings is 1. The number of halogens is 6. The van der Waals surface area contributed by atoms with E-state index in [1.54, 1.807) is 0 Å². The van der Waals surface area contributed by atoms with Crippen LogP contribution in [0, 0.1) is 0 Å². The molecule has 0 saturated heterocycles. The second kappa shape index (κ2) is 4.32. The third-order valence-electron chi connectivity index (χ3n) is 1.64. The second-order valence-corrected chi connectivity index (χ2v) is 3.11. The Labute approximate surface area is 91.7 Å². The number of nitrogens with two attached hydrogens (primary N) is 1. The molecule has 1 aromatic carbocycles. The zero-order valence-electron chi connectivity index (χ0n) is 7.49. The van der Waals surface area contributed by atoms with E-state index in [0.717, 1.165) is 6.07 Å². The summed E-state index contributed by atoms with van der Waals surface area (Å²) in [5, 5.41) is -0.685. The first kappa shape index (κ1) is 12.8. The van der Waals surface area contributed by atoms with Crippen LogP contribution in [0.4, 0.5) is 27.6 Å². The van der Waals surface area contributed by atoms with Crippen molar-refractivity contribution in [3.8, 4) is 5.75 Å². The lowest BCUT2D eigenvalue weighted by atomic mass is 10.2. The lowest BCUT2D eigenvalue weighted by Gasteiger charge is -2.13. The van der Waals surface area contributed by atoms with E-state index in [0.29, 0.717) is 6.07 Å². The van der Waals surface area contributed by atoms with Crippen LogP contribution in [0.25, 0.3) is 0 Å². The predicted octanol–water partition coefficient (Wildman–Crippen LogP) is 3.76. The van der Waals surface area contributed by atoms with E-state index in [9.17, 15) is 22.0 Å². The van der Waals surface area contributed by atoms with Crippen LogP contribution in [0.1, 0.15) is 12.0 Å². The van der Waals surface area contributed by atoms with Crippen molar-refractivity contribution >= 4 is 17.3 Å². The lowest BCUT2D eigenvalue weighted by Crippen LogP contribution is -2.17. The third-order valence-corrected chi connectivity index (χ3v) is 2.03. The Morgan fingerprint density at radius 3 is 2.25 bits per heavy atom. The zero-order valence-corrected chi connectivity index (χ0v) is 8.24. The Bertz CT molecular complexity index is 393. The SMILES string of the molecule is Nc1c(C(F)F)ccc(OC(F)(F)F)c1Cl. The van der Waals surface area contributed by atoms with Crippen LogP contribution >= 0.6 is 11.6 Å². The molecule has 90 valence electrons. The molecule has 2 N–H and O–H groups in total. The molecule has 0 bridgehead atoms. The predicted molar refractivity (Wildman–Crippen MR) is 47.5 cm³/mol. The summed E-state index contributed by atoms with van der Waals surface area (Å²) in [5.74, 6) is -0.809. The monoisotopic (exact) mass is 261 g/mol. The van der Waals surface area contributed by atoms with E-state index in [1.807, 2.05) is 0 Å². The van der Waals surface area contributed by atoms with E-state index >= 15 is 0 Å². The van der Waals surface area contributed by atoms with Crippen molar-refractivity contribution in [2.45, 2.75) is 12.8 Å². The summed E-state index contributed by atoms with van der Waals surface area (Å²) >= 11 is 5.37. The summed E-state index contributed by atoms with van der Waals surface area (Å²) in [7, 11) is 0. The first-order valence-electron chi connectivity index (χ1n) is 3.84. The third kappa shape index (κ3) is 2.88. The molecule has 0 aliphatic rings. The van der Waals surface area contributed by atoms with Gasteiger partial charge < -0.3 is 10.5 Å². The number of hydrogen-bond acceptors (Lipinski definition) is 2. The van der Waals surface area contributed by atoms with E-state index in [4.69, 9.17) is 17.3 Å². The smallest absolute Gasteiger partial charge is 0.404 e. The van der Waals surface area contributed by atoms with Crippen molar-refractivity contribution in [3.63, 3.8) is 0 Å². The van der Waals surface area contributed by atoms with Crippen LogP contribution in [0.5, 0.6) is 5.75 Å². The van der Waals surface area contributed by atoms with Crippen molar-refractivity contribution in [2.75, 3.05) is 5.73 Å². The zero-order chi connectivity index (χ0) is 12.5. The highest BCUT2D eigenvalue weighted by molar-refractivity contribution is 6.34. The minimum absolute atomic E-state index is 0.626. The van der Waals surface area contributed by atoms with Gasteiger partial charge in [0, 0.05) is 5.56 Å². The van der Waals surface area contributed by atoms with Crippen LogP contribution in [-0.2, 0) is 0 Å². The molecule has 8 heteroatoms. The highest BCUT2D eigenvalue weighted by atomic mass is 35.5. The molecule has 0 spiro atoms. The van der Waals surface area contributed by atoms with Gasteiger partial charge in [0.1, 0.15) is 10.8 Å². The van der Waals surface area contributed by atoms with E-state index in [2.05, 4.69) is 4.74 Å². The molecule has 16 heavy (non-hydrogen) atoms. The Kier molecular flexibility index (Phi) is 3.47. The van der Waals surface area contributed by atoms with Crippen molar-refractivity contribution in [1.82, 2.24) is 0 Å². The summed E-state index contributed by atoms with van der Waals surface area (Å²) in [4.78, 5) is 0. The van der Waals surface area contributed by atoms with Crippen molar-refractivity contribution < 1.29 is 26.7 Å². The maximum Gasteiger partial charge on any atom is 0.573 e. The molecule has 0 saturated carbocycles. The maximum atomic E-state index is 12.3. The van der Waals surface area contributed by atoms with E-state index < -0.39 is 34.8 Å². The summed E-state index contributed by atoms with van der Waals surface area (Å²) in [6.45, 7) is 0. The highest BCUT2D eigenvalue weighted by Gasteiger charge is 2.32. The number of hydrogen-bond donors (Lipinski definition) is 1. The van der Waals surface area contributed by atoms with Gasteiger partial charge in [0.15, 0.2) is 0 Å². The van der Waals surface area contributed by atoms with Gasteiger partial charge in [0.05, 0.1) is 5.69 Å². The minimum atomic E-state index is -4.96. The number of ether oxygens (including phenoxy) is 1. The topological polar surface area (TPSA) is 35.2 Å². The fourth-order valence-electron chi connectivity index (χ4n) is 0.982. The number of rotatable bonds is 2. The second-order valence-electron chi connectivity index (χ2n) is 2.73. The molecule has 1 aromatic rings. The van der Waals surface area contributed by atoms with Crippen molar-refractivity contribution in [1.29, 1.82) is 0 Å². The van der Waals surface area contributed by atoms with Crippen molar-refractivity contribution in [3.05, 3.63) is 22.7 Å². The quantitative estimate of drug-likeness (QED) is 0.650. The van der Waals surface area contributed by atoms with E-state index in [-0.39, 0.29) is 0 Å². The molecule has 0 atom stereocenters. The molecular weight excluding hydrogens is 257 g/mol. The van der Waals surface area contributed by atoms with Crippen LogP contribution in [-0.4, -0.2) is 6.36 Å². The maximum absolute atomic E-state index is 12.3. The highest BCUT2D eigenvalue weighted by Crippen LogP contribution is 2.39. The Balaban J connectivity index is 3.12. The average molecular weight is 262 g/mol. The van der Waals surface area contributed by atoms with Gasteiger partial charge in [0.2, 0.25) is 0 Å². The fourth-order valence-corrected chi connectivity index (χ4v) is 1.19. The molecule has 1 rings (SSSR count). The first-order chi connectivity index (χ1) is 7.22. The molecule has 0 amide bonds. The van der Waals surface area contributed by atoms with Gasteiger partial charge >= 0.3 is 6.36 Å². The van der Waals surface area contributed by atoms with Gasteiger partial charge in [0.25, 0.3) is 6.43 Å². The summed E-state index contributed by atoms with van der Waals surface area (Å²) < 4.78 is 63.6. The summed E-state index contributed by atoms with van der Waals surface area (Å²) in [6, 6.07) is 1.42. The molecule has 0 fully saturated rings. The van der Waals surface area contributed by atoms with Crippen LogP contribution < -0.4 is 10.5 Å². The minimum Gasteiger partial charge on any atom is -0.404 e. The molecule has 0 radical (unpaired) electrons. The molecule has 0 aromatic heterocycles. The van der Waals surface area contributed by atoms with Crippen LogP contribution in [0.2, 0.25) is 5.02 Å². The van der Waals surface area contributed by atoms with Gasteiger partial charge in [-0.2, -0.15) is 0 Å². The van der Waals surface area contributed by atoms with Gasteiger partial charge in [-0.3, -0.25) is 0 Å². The fraction of sp³-hybridized carbons (Fsp3) is 0.250. The van der Waals surface area contributed by atoms with Gasteiger partial charge in [-0.15, -0.1) is 13.2 Å². The standard InChI is InChI=1S/C8H5ClF5NO/c9-5-4(16-8(12,13)14)2-1-3(6(5)15)7(10)11/h1-2,7H,15H2. The summed E-state index contributed by atoms with van der Waals surface area (Å²) in [5.41, 5.74) is 3.88. The average Bonchev–Trinajstić information content (AvgIpc) is 2.10.